The molecule has 0 radical (unpaired) electrons. The fraction of sp³-hybridized carbons (Fsp3) is 0.719. The van der Waals surface area contributed by atoms with Crippen LogP contribution in [-0.4, -0.2) is 171 Å². The van der Waals surface area contributed by atoms with Gasteiger partial charge in [0.25, 0.3) is 16.7 Å². The summed E-state index contributed by atoms with van der Waals surface area (Å²) in [5.74, 6) is -4.84. The van der Waals surface area contributed by atoms with Crippen LogP contribution in [0.15, 0.2) is 80.9 Å². The van der Waals surface area contributed by atoms with E-state index in [4.69, 9.17) is 76.9 Å². The number of aromatic nitrogens is 6. The van der Waals surface area contributed by atoms with Gasteiger partial charge in [-0.2, -0.15) is 0 Å². The zero-order chi connectivity index (χ0) is 78.1. The molecule has 6 rings (SSSR count). The Hall–Kier alpha value is -8.34. The van der Waals surface area contributed by atoms with Gasteiger partial charge >= 0.3 is 56.6 Å². The highest BCUT2D eigenvalue weighted by Crippen LogP contribution is 2.54. The maximum atomic E-state index is 15.5. The molecule has 5 N–H and O–H groups in total. The number of aliphatic hydroxyl groups is 2. The standard InChI is InChI=1S/C23H35FN5O11P.C22H33FN5O12P.C11H14FN5O4.CH4/c1-14-16(24)17(29-9-8-15(30)27-20(29)33)40-23(14,10-26-28-25)11-37-41(34,38-12-35-18(31)21(2,3)4)39-13-36-19(32)22(5,6)7;1-20(2,3)17(31)35-11-38-41(34,39-12-36-18(32)21(4,5)6)37-10-22(9-25-27-24)15(30)14(23)16(40-22)28-8-7-13(29)26-19(28)33;1-6-8(12)9(17-3-2-7(19)15-10(17)20)21-11(6,5-18)4-14-16-13;/h8-9,14,16-17H,10-13H2,1-7H3,(H,27,30,33);7-8,14-16,30H,9-12H2,1-6H3,(H,26,29,33);2-3,6,8-9,18H,4-5H2,1H3,(H,15,19,20);1H4/t14-,16+,17+,23+;14-,15+,16-,22-;6-,8+,9+,11+;/m010./s1. The lowest BCUT2D eigenvalue weighted by Crippen LogP contribution is -2.48. The molecule has 47 heteroatoms. The number of nitrogens with zero attached hydrogens (tertiary/aromatic N) is 12. The number of carbonyl (C=O) groups is 4. The van der Waals surface area contributed by atoms with Crippen LogP contribution in [0.4, 0.5) is 13.2 Å². The van der Waals surface area contributed by atoms with Crippen LogP contribution in [-0.2, 0) is 88.6 Å². The van der Waals surface area contributed by atoms with Crippen molar-refractivity contribution in [3.8, 4) is 0 Å². The van der Waals surface area contributed by atoms with Gasteiger partial charge in [-0.3, -0.25) is 71.3 Å². The number of azide groups is 3. The normalized spacial score (nSPS) is 24.6. The van der Waals surface area contributed by atoms with Crippen molar-refractivity contribution in [1.29, 1.82) is 0 Å². The van der Waals surface area contributed by atoms with Crippen LogP contribution in [0.5, 0.6) is 0 Å². The van der Waals surface area contributed by atoms with Gasteiger partial charge in [0.05, 0.1) is 61.1 Å². The molecule has 0 spiro atoms. The summed E-state index contributed by atoms with van der Waals surface area (Å²) in [6.07, 6.45) is -9.66. The second-order valence-corrected chi connectivity index (χ2v) is 30.4. The number of phosphoric acid groups is 2. The van der Waals surface area contributed by atoms with Crippen molar-refractivity contribution in [1.82, 2.24) is 28.7 Å². The van der Waals surface area contributed by atoms with E-state index >= 15 is 8.78 Å². The summed E-state index contributed by atoms with van der Waals surface area (Å²) in [7, 11) is -9.56. The quantitative estimate of drug-likeness (QED) is 0.0104. The van der Waals surface area contributed by atoms with Gasteiger partial charge in [-0.05, 0) is 99.7 Å². The van der Waals surface area contributed by atoms with Crippen molar-refractivity contribution in [2.75, 3.05) is 66.6 Å². The van der Waals surface area contributed by atoms with Gasteiger partial charge in [0.2, 0.25) is 27.2 Å². The molecule has 0 aliphatic carbocycles. The topological polar surface area (TPSA) is 574 Å². The van der Waals surface area contributed by atoms with Gasteiger partial charge < -0.3 is 43.4 Å². The first kappa shape index (κ1) is 89.9. The largest absolute Gasteiger partial charge is 0.480 e. The maximum absolute atomic E-state index is 15.5. The van der Waals surface area contributed by atoms with Crippen molar-refractivity contribution in [3.63, 3.8) is 0 Å². The van der Waals surface area contributed by atoms with Crippen LogP contribution in [0.2, 0.25) is 0 Å². The minimum Gasteiger partial charge on any atom is -0.437 e. The summed E-state index contributed by atoms with van der Waals surface area (Å²) < 4.78 is 142. The summed E-state index contributed by atoms with van der Waals surface area (Å²) in [6.45, 7) is 13.9. The summed E-state index contributed by atoms with van der Waals surface area (Å²) in [4.78, 5) is 132. The lowest BCUT2D eigenvalue weighted by Gasteiger charge is -2.32. The third-order valence-corrected chi connectivity index (χ3v) is 17.8. The predicted molar refractivity (Wildman–Crippen MR) is 351 cm³/mol. The molecule has 104 heavy (non-hydrogen) atoms. The number of rotatable bonds is 28. The van der Waals surface area contributed by atoms with Crippen molar-refractivity contribution < 1.29 is 112 Å². The number of aromatic amines is 3. The summed E-state index contributed by atoms with van der Waals surface area (Å²) in [6, 6.07) is 2.95. The molecule has 0 saturated carbocycles. The minimum atomic E-state index is -4.84. The highest BCUT2D eigenvalue weighted by Gasteiger charge is 2.59. The molecule has 12 atom stereocenters. The Balaban J connectivity index is 0.000000424. The maximum Gasteiger partial charge on any atom is 0.480 e. The Kier molecular flexibility index (Phi) is 32.0. The van der Waals surface area contributed by atoms with Crippen molar-refractivity contribution in [2.24, 2.45) is 48.8 Å². The third kappa shape index (κ3) is 23.8. The van der Waals surface area contributed by atoms with Gasteiger partial charge in [-0.25, -0.2) is 54.8 Å². The molecule has 0 bridgehead atoms. The predicted octanol–water partition coefficient (Wildman–Crippen LogP) is 6.12. The monoisotopic (exact) mass is 1530 g/mol. The Morgan fingerprint density at radius 3 is 1.05 bits per heavy atom. The first-order valence-electron chi connectivity index (χ1n) is 30.6. The molecule has 582 valence electrons. The molecule has 3 aromatic rings. The minimum absolute atomic E-state index is 0. The highest BCUT2D eigenvalue weighted by atomic mass is 31.2. The van der Waals surface area contributed by atoms with E-state index in [2.05, 4.69) is 30.1 Å². The van der Waals surface area contributed by atoms with Gasteiger partial charge in [-0.1, -0.05) is 36.6 Å². The van der Waals surface area contributed by atoms with Crippen LogP contribution in [0, 0.1) is 33.5 Å². The van der Waals surface area contributed by atoms with E-state index in [1.54, 1.807) is 83.1 Å². The number of halogens is 3. The Morgan fingerprint density at radius 2 is 0.760 bits per heavy atom. The van der Waals surface area contributed by atoms with Gasteiger partial charge in [0.1, 0.15) is 22.9 Å². The fourth-order valence-electron chi connectivity index (χ4n) is 8.83. The van der Waals surface area contributed by atoms with Crippen LogP contribution < -0.4 is 33.7 Å². The number of phosphoric ester groups is 2. The number of esters is 4. The van der Waals surface area contributed by atoms with Crippen molar-refractivity contribution >= 4 is 39.5 Å². The molecule has 3 fully saturated rings. The lowest BCUT2D eigenvalue weighted by atomic mass is 9.88. The smallest absolute Gasteiger partial charge is 0.437 e. The molecule has 3 aromatic heterocycles. The lowest BCUT2D eigenvalue weighted by molar-refractivity contribution is -0.166. The zero-order valence-corrected chi connectivity index (χ0v) is 60.0. The second-order valence-electron chi connectivity index (χ2n) is 27.1. The molecule has 0 unspecified atom stereocenters. The average Bonchev–Trinajstić information content (AvgIpc) is 1.62. The number of alkyl halides is 3. The number of hydrogen-bond acceptors (Lipinski definition) is 30. The Labute approximate surface area is 589 Å². The zero-order valence-electron chi connectivity index (χ0n) is 58.2. The van der Waals surface area contributed by atoms with E-state index < -0.39 is 227 Å². The molecule has 3 aliphatic rings. The van der Waals surface area contributed by atoms with Gasteiger partial charge in [0.15, 0.2) is 37.2 Å². The van der Waals surface area contributed by atoms with Crippen LogP contribution in [0.1, 0.15) is 123 Å². The first-order chi connectivity index (χ1) is 47.6. The van der Waals surface area contributed by atoms with Crippen LogP contribution in [0.25, 0.3) is 31.3 Å². The van der Waals surface area contributed by atoms with E-state index in [0.717, 1.165) is 45.9 Å². The summed E-state index contributed by atoms with van der Waals surface area (Å²) in [5.41, 5.74) is 11.9. The van der Waals surface area contributed by atoms with Gasteiger partial charge in [-0.15, -0.1) is 0 Å². The summed E-state index contributed by atoms with van der Waals surface area (Å²) in [5, 5.41) is 30.3. The number of carbonyl (C=O) groups excluding carboxylic acids is 4. The first-order valence-corrected chi connectivity index (χ1v) is 33.6. The van der Waals surface area contributed by atoms with Crippen LogP contribution in [0.3, 0.4) is 0 Å². The number of aliphatic hydroxyl groups excluding tert-OH is 2. The average molecular weight is 1530 g/mol. The molecule has 0 amide bonds. The van der Waals surface area contributed by atoms with Gasteiger partial charge in [0, 0.05) is 63.4 Å². The molecule has 6 heterocycles. The Morgan fingerprint density at radius 1 is 0.500 bits per heavy atom. The van der Waals surface area contributed by atoms with E-state index in [-0.39, 0.29) is 14.0 Å². The number of H-pyrrole nitrogens is 3. The second kappa shape index (κ2) is 37.1. The Bertz CT molecular complexity index is 3840. The number of hydrogen-bond donors (Lipinski definition) is 5. The molecule has 0 aromatic carbocycles. The summed E-state index contributed by atoms with van der Waals surface area (Å²) >= 11 is 0. The van der Waals surface area contributed by atoms with Crippen molar-refractivity contribution in [3.05, 3.63) is 131 Å². The fourth-order valence-corrected chi connectivity index (χ4v) is 10.8. The SMILES string of the molecule is C.CC(C)(C)C(=O)OCOP(=O)(OCOC(=O)C(C)(C)C)OC[C@@]1(CN=[N+]=[N-])O[C@@H](n2ccc(=O)[nH]c2=O)[C@H](F)[C@@H]1O.C[C@H]1[C@@H](F)[C@H](n2ccc(=O)[nH]c2=O)O[C@@]1(CO)CN=[N+]=[N-].C[C@H]1[C@@H](F)[C@H](n2ccc(=O)[nH]c2=O)O[C@]1(CN=[N+]=[N-])COP(=O)(OCOC(=O)C(C)(C)C)OCOC(=O)C(C)(C)C. The van der Waals surface area contributed by atoms with E-state index in [1.807, 2.05) is 15.0 Å². The molecular weight excluding hydrogens is 1450 g/mol. The molecular formula is C57H86F3N15O27P2. The molecule has 42 nitrogen and oxygen atoms in total. The van der Waals surface area contributed by atoms with E-state index in [0.29, 0.717) is 4.57 Å². The molecule has 3 saturated heterocycles. The molecule has 3 aliphatic heterocycles. The highest BCUT2D eigenvalue weighted by molar-refractivity contribution is 7.48. The van der Waals surface area contributed by atoms with E-state index in [1.165, 1.54) is 13.8 Å². The number of nitrogens with one attached hydrogen (secondary N) is 3. The van der Waals surface area contributed by atoms with Crippen LogP contribution >= 0.6 is 15.6 Å². The number of ether oxygens (including phenoxy) is 7. The van der Waals surface area contributed by atoms with Crippen molar-refractivity contribution in [2.45, 2.75) is 164 Å². The van der Waals surface area contributed by atoms with E-state index in [9.17, 15) is 71.7 Å². The third-order valence-electron chi connectivity index (χ3n) is 15.2.